The van der Waals surface area contributed by atoms with Gasteiger partial charge < -0.3 is 4.98 Å². The molecule has 1 N–H and O–H groups in total. The number of aromatic amines is 1. The predicted molar refractivity (Wildman–Crippen MR) is 77.7 cm³/mol. The van der Waals surface area contributed by atoms with Gasteiger partial charge in [-0.15, -0.1) is 0 Å². The molecule has 0 atom stereocenters. The molecule has 1 aromatic carbocycles. The van der Waals surface area contributed by atoms with Gasteiger partial charge in [0.25, 0.3) is 0 Å². The minimum atomic E-state index is -0.210. The van der Waals surface area contributed by atoms with Gasteiger partial charge in [0.05, 0.1) is 11.0 Å². The van der Waals surface area contributed by atoms with Crippen LogP contribution in [0.2, 0.25) is 0 Å². The largest absolute Gasteiger partial charge is 0.342 e. The summed E-state index contributed by atoms with van der Waals surface area (Å²) in [6, 6.07) is 4.70. The Hall–Kier alpha value is -1.38. The number of nitrogens with zero attached hydrogens (tertiary/aromatic N) is 1. The van der Waals surface area contributed by atoms with Crippen LogP contribution >= 0.6 is 0 Å². The molecule has 1 aromatic heterocycles. The molecule has 0 bridgehead atoms. The average molecular weight is 262 g/mol. The zero-order valence-corrected chi connectivity index (χ0v) is 11.7. The van der Waals surface area contributed by atoms with Crippen molar-refractivity contribution in [1.82, 2.24) is 9.97 Å². The van der Waals surface area contributed by atoms with Crippen molar-refractivity contribution in [2.45, 2.75) is 58.3 Å². The molecule has 2 rings (SSSR count). The lowest BCUT2D eigenvalue weighted by Gasteiger charge is -1.99. The smallest absolute Gasteiger partial charge is 0.125 e. The van der Waals surface area contributed by atoms with Gasteiger partial charge in [-0.25, -0.2) is 9.37 Å². The van der Waals surface area contributed by atoms with Crippen LogP contribution < -0.4 is 0 Å². The monoisotopic (exact) mass is 262 g/mol. The van der Waals surface area contributed by atoms with E-state index in [1.807, 2.05) is 0 Å². The van der Waals surface area contributed by atoms with E-state index in [4.69, 9.17) is 0 Å². The summed E-state index contributed by atoms with van der Waals surface area (Å²) in [5.41, 5.74) is 1.66. The summed E-state index contributed by atoms with van der Waals surface area (Å²) in [5, 5.41) is 0. The maximum Gasteiger partial charge on any atom is 0.125 e. The summed E-state index contributed by atoms with van der Waals surface area (Å²) in [6.07, 6.45) is 10.1. The number of unbranched alkanes of at least 4 members (excludes halogenated alkanes) is 6. The number of hydrogen-bond donors (Lipinski definition) is 1. The number of benzene rings is 1. The molecule has 0 saturated carbocycles. The SMILES string of the molecule is CCCCCCCCCc1nc2ccc(F)cc2[nH]1. The van der Waals surface area contributed by atoms with Crippen molar-refractivity contribution >= 4 is 11.0 Å². The van der Waals surface area contributed by atoms with Crippen LogP contribution in [0.3, 0.4) is 0 Å². The minimum absolute atomic E-state index is 0.210. The van der Waals surface area contributed by atoms with Gasteiger partial charge in [-0.3, -0.25) is 0 Å². The molecular weight excluding hydrogens is 239 g/mol. The summed E-state index contributed by atoms with van der Waals surface area (Å²) in [5.74, 6) is 0.771. The van der Waals surface area contributed by atoms with Gasteiger partial charge in [-0.2, -0.15) is 0 Å². The summed E-state index contributed by atoms with van der Waals surface area (Å²) in [6.45, 7) is 2.24. The quantitative estimate of drug-likeness (QED) is 0.667. The van der Waals surface area contributed by atoms with Crippen LogP contribution in [0, 0.1) is 5.82 Å². The highest BCUT2D eigenvalue weighted by atomic mass is 19.1. The first-order valence-electron chi connectivity index (χ1n) is 7.43. The Bertz CT molecular complexity index is 504. The number of imidazole rings is 1. The number of aryl methyl sites for hydroxylation is 1. The number of nitrogens with one attached hydrogen (secondary N) is 1. The van der Waals surface area contributed by atoms with Crippen molar-refractivity contribution in [3.63, 3.8) is 0 Å². The summed E-state index contributed by atoms with van der Waals surface area (Å²) >= 11 is 0. The molecular formula is C16H23FN2. The Labute approximate surface area is 114 Å². The van der Waals surface area contributed by atoms with Gasteiger partial charge in [-0.05, 0) is 24.6 Å². The van der Waals surface area contributed by atoms with Gasteiger partial charge in [0.1, 0.15) is 11.6 Å². The van der Waals surface area contributed by atoms with Crippen molar-refractivity contribution in [2.24, 2.45) is 0 Å². The second-order valence-electron chi connectivity index (χ2n) is 5.22. The lowest BCUT2D eigenvalue weighted by atomic mass is 10.1. The molecule has 0 spiro atoms. The highest BCUT2D eigenvalue weighted by Crippen LogP contribution is 2.15. The van der Waals surface area contributed by atoms with E-state index >= 15 is 0 Å². The van der Waals surface area contributed by atoms with Crippen LogP contribution in [-0.2, 0) is 6.42 Å². The highest BCUT2D eigenvalue weighted by Gasteiger charge is 2.03. The second kappa shape index (κ2) is 7.27. The van der Waals surface area contributed by atoms with Crippen molar-refractivity contribution in [3.05, 3.63) is 29.8 Å². The zero-order chi connectivity index (χ0) is 13.5. The molecule has 0 aliphatic heterocycles. The molecule has 19 heavy (non-hydrogen) atoms. The maximum atomic E-state index is 13.1. The Kier molecular flexibility index (Phi) is 5.37. The van der Waals surface area contributed by atoms with Crippen LogP contribution in [-0.4, -0.2) is 9.97 Å². The molecule has 0 aliphatic carbocycles. The van der Waals surface area contributed by atoms with Crippen molar-refractivity contribution in [2.75, 3.05) is 0 Å². The second-order valence-corrected chi connectivity index (χ2v) is 5.22. The third-order valence-electron chi connectivity index (χ3n) is 3.51. The molecule has 2 nitrogen and oxygen atoms in total. The zero-order valence-electron chi connectivity index (χ0n) is 11.7. The summed E-state index contributed by atoms with van der Waals surface area (Å²) in [4.78, 5) is 7.68. The van der Waals surface area contributed by atoms with Gasteiger partial charge in [0, 0.05) is 6.42 Å². The van der Waals surface area contributed by atoms with Gasteiger partial charge in [-0.1, -0.05) is 45.4 Å². The summed E-state index contributed by atoms with van der Waals surface area (Å²) in [7, 11) is 0. The van der Waals surface area contributed by atoms with E-state index in [1.54, 1.807) is 6.07 Å². The maximum absolute atomic E-state index is 13.1. The predicted octanol–water partition coefficient (Wildman–Crippen LogP) is 5.00. The first-order chi connectivity index (χ1) is 9.29. The number of fused-ring (bicyclic) bond motifs is 1. The molecule has 3 heteroatoms. The number of halogens is 1. The Balaban J connectivity index is 1.72. The fourth-order valence-electron chi connectivity index (χ4n) is 2.40. The van der Waals surface area contributed by atoms with Gasteiger partial charge in [0.15, 0.2) is 0 Å². The average Bonchev–Trinajstić information content (AvgIpc) is 2.79. The van der Waals surface area contributed by atoms with Crippen LogP contribution in [0.15, 0.2) is 18.2 Å². The normalized spacial score (nSPS) is 11.3. The topological polar surface area (TPSA) is 28.7 Å². The molecule has 0 amide bonds. The lowest BCUT2D eigenvalue weighted by molar-refractivity contribution is 0.585. The standard InChI is InChI=1S/C16H23FN2/c1-2-3-4-5-6-7-8-9-16-18-14-11-10-13(17)12-15(14)19-16/h10-12H,2-9H2,1H3,(H,18,19). The number of aromatic nitrogens is 2. The van der Waals surface area contributed by atoms with E-state index in [1.165, 1.54) is 50.7 Å². The van der Waals surface area contributed by atoms with E-state index in [0.717, 1.165) is 29.7 Å². The Morgan fingerprint density at radius 1 is 1.05 bits per heavy atom. The van der Waals surface area contributed by atoms with Crippen LogP contribution in [0.4, 0.5) is 4.39 Å². The highest BCUT2D eigenvalue weighted by molar-refractivity contribution is 5.74. The molecule has 0 unspecified atom stereocenters. The number of hydrogen-bond acceptors (Lipinski definition) is 1. The fraction of sp³-hybridized carbons (Fsp3) is 0.562. The molecule has 0 saturated heterocycles. The van der Waals surface area contributed by atoms with E-state index in [9.17, 15) is 4.39 Å². The Morgan fingerprint density at radius 2 is 1.79 bits per heavy atom. The van der Waals surface area contributed by atoms with E-state index in [-0.39, 0.29) is 5.82 Å². The lowest BCUT2D eigenvalue weighted by Crippen LogP contribution is -1.88. The van der Waals surface area contributed by atoms with Crippen LogP contribution in [0.25, 0.3) is 11.0 Å². The molecule has 0 fully saturated rings. The van der Waals surface area contributed by atoms with Crippen molar-refractivity contribution in [3.8, 4) is 0 Å². The molecule has 1 heterocycles. The minimum Gasteiger partial charge on any atom is -0.342 e. The Morgan fingerprint density at radius 3 is 2.58 bits per heavy atom. The molecule has 0 aliphatic rings. The van der Waals surface area contributed by atoms with E-state index in [0.29, 0.717) is 0 Å². The van der Waals surface area contributed by atoms with Crippen LogP contribution in [0.1, 0.15) is 57.7 Å². The molecule has 0 radical (unpaired) electrons. The molecule has 104 valence electrons. The van der Waals surface area contributed by atoms with Crippen molar-refractivity contribution < 1.29 is 4.39 Å². The van der Waals surface area contributed by atoms with Crippen LogP contribution in [0.5, 0.6) is 0 Å². The first-order valence-corrected chi connectivity index (χ1v) is 7.43. The number of rotatable bonds is 8. The third-order valence-corrected chi connectivity index (χ3v) is 3.51. The fourth-order valence-corrected chi connectivity index (χ4v) is 2.40. The van der Waals surface area contributed by atoms with E-state index in [2.05, 4.69) is 16.9 Å². The first kappa shape index (κ1) is 14.0. The van der Waals surface area contributed by atoms with Crippen molar-refractivity contribution in [1.29, 1.82) is 0 Å². The number of H-pyrrole nitrogens is 1. The van der Waals surface area contributed by atoms with E-state index < -0.39 is 0 Å². The third kappa shape index (κ3) is 4.34. The van der Waals surface area contributed by atoms with Gasteiger partial charge in [0.2, 0.25) is 0 Å². The molecule has 2 aromatic rings. The summed E-state index contributed by atoms with van der Waals surface area (Å²) < 4.78 is 13.1. The van der Waals surface area contributed by atoms with Gasteiger partial charge >= 0.3 is 0 Å².